The van der Waals surface area contributed by atoms with E-state index in [0.29, 0.717) is 24.1 Å². The molecule has 156 valence electrons. The number of aromatic carboxylic acids is 1. The molecule has 0 radical (unpaired) electrons. The molecule has 1 aliphatic rings. The predicted molar refractivity (Wildman–Crippen MR) is 108 cm³/mol. The molecular formula is C19H14Cl2FN3O4S. The van der Waals surface area contributed by atoms with E-state index in [0.717, 1.165) is 23.0 Å². The minimum Gasteiger partial charge on any atom is -0.478 e. The third-order valence-electron chi connectivity index (χ3n) is 4.92. The monoisotopic (exact) mass is 469 g/mol. The lowest BCUT2D eigenvalue weighted by Crippen LogP contribution is -2.20. The van der Waals surface area contributed by atoms with Gasteiger partial charge < -0.3 is 5.11 Å². The zero-order valence-electron chi connectivity index (χ0n) is 15.3. The van der Waals surface area contributed by atoms with Crippen molar-refractivity contribution in [1.82, 2.24) is 14.2 Å². The number of carboxylic acids is 1. The summed E-state index contributed by atoms with van der Waals surface area (Å²) in [4.78, 5) is 14.5. The Bertz CT molecular complexity index is 1270. The van der Waals surface area contributed by atoms with E-state index >= 15 is 0 Å². The van der Waals surface area contributed by atoms with E-state index in [4.69, 9.17) is 28.3 Å². The van der Waals surface area contributed by atoms with Crippen molar-refractivity contribution >= 4 is 39.2 Å². The Labute approximate surface area is 181 Å². The number of halogens is 3. The Hall–Kier alpha value is -2.49. The van der Waals surface area contributed by atoms with Gasteiger partial charge in [0.2, 0.25) is 0 Å². The molecule has 0 saturated carbocycles. The molecule has 7 nitrogen and oxygen atoms in total. The van der Waals surface area contributed by atoms with Crippen molar-refractivity contribution in [2.45, 2.75) is 30.6 Å². The molecule has 1 aromatic carbocycles. The first kappa shape index (κ1) is 20.8. The van der Waals surface area contributed by atoms with Crippen molar-refractivity contribution in [3.63, 3.8) is 0 Å². The van der Waals surface area contributed by atoms with Gasteiger partial charge in [-0.25, -0.2) is 14.2 Å². The molecule has 2 heterocycles. The summed E-state index contributed by atoms with van der Waals surface area (Å²) < 4.78 is 42.2. The zero-order valence-corrected chi connectivity index (χ0v) is 17.6. The number of rotatable bonds is 4. The molecule has 11 heteroatoms. The van der Waals surface area contributed by atoms with Gasteiger partial charge in [-0.3, -0.25) is 0 Å². The molecule has 3 aromatic rings. The highest BCUT2D eigenvalue weighted by Crippen LogP contribution is 2.36. The minimum absolute atomic E-state index is 0.0236. The van der Waals surface area contributed by atoms with Gasteiger partial charge in [-0.15, -0.1) is 0 Å². The van der Waals surface area contributed by atoms with Gasteiger partial charge in [-0.2, -0.15) is 17.6 Å². The molecule has 4 rings (SSSR count). The normalized spacial score (nSPS) is 13.8. The standard InChI is InChI=1S/C19H14Cl2FN3O4S/c20-13-7-8-23-18(21)17(13)30(28,29)25-15-4-2-1-3-12(15)16(24-25)11-6-5-10(19(26)27)9-14(11)22/h5-9H,1-4H2,(H,26,27). The zero-order chi connectivity index (χ0) is 21.6. The van der Waals surface area contributed by atoms with Crippen molar-refractivity contribution in [3.8, 4) is 11.3 Å². The summed E-state index contributed by atoms with van der Waals surface area (Å²) in [5.41, 5.74) is 0.984. The van der Waals surface area contributed by atoms with Crippen LogP contribution in [0.4, 0.5) is 4.39 Å². The van der Waals surface area contributed by atoms with Crippen LogP contribution in [0.1, 0.15) is 34.5 Å². The maximum atomic E-state index is 14.7. The van der Waals surface area contributed by atoms with Gasteiger partial charge >= 0.3 is 5.97 Å². The molecule has 2 aromatic heterocycles. The van der Waals surface area contributed by atoms with E-state index in [-0.39, 0.29) is 31.9 Å². The number of fused-ring (bicyclic) bond motifs is 1. The van der Waals surface area contributed by atoms with E-state index in [1.165, 1.54) is 24.4 Å². The summed E-state index contributed by atoms with van der Waals surface area (Å²) in [6, 6.07) is 4.73. The lowest BCUT2D eigenvalue weighted by atomic mass is 9.93. The van der Waals surface area contributed by atoms with Gasteiger partial charge in [-0.1, -0.05) is 23.2 Å². The Balaban J connectivity index is 1.95. The van der Waals surface area contributed by atoms with Crippen LogP contribution in [0.3, 0.4) is 0 Å². The highest BCUT2D eigenvalue weighted by Gasteiger charge is 2.33. The third kappa shape index (κ3) is 3.36. The van der Waals surface area contributed by atoms with Gasteiger partial charge in [0.25, 0.3) is 10.0 Å². The molecule has 0 fully saturated rings. The van der Waals surface area contributed by atoms with E-state index in [1.807, 2.05) is 0 Å². The van der Waals surface area contributed by atoms with E-state index in [2.05, 4.69) is 10.1 Å². The van der Waals surface area contributed by atoms with E-state index in [1.54, 1.807) is 0 Å². The van der Waals surface area contributed by atoms with Crippen LogP contribution in [0.25, 0.3) is 11.3 Å². The fourth-order valence-corrected chi connectivity index (χ4v) is 5.91. The number of pyridine rings is 1. The smallest absolute Gasteiger partial charge is 0.335 e. The Morgan fingerprint density at radius 1 is 1.17 bits per heavy atom. The number of benzene rings is 1. The maximum Gasteiger partial charge on any atom is 0.335 e. The number of nitrogens with zero attached hydrogens (tertiary/aromatic N) is 3. The van der Waals surface area contributed by atoms with Crippen LogP contribution in [-0.2, 0) is 22.9 Å². The second-order valence-corrected chi connectivity index (χ2v) is 9.21. The predicted octanol–water partition coefficient (Wildman–Crippen LogP) is 4.21. The summed E-state index contributed by atoms with van der Waals surface area (Å²) in [5, 5.41) is 12.9. The van der Waals surface area contributed by atoms with Crippen LogP contribution in [0, 0.1) is 5.82 Å². The molecule has 0 saturated heterocycles. The number of aromatic nitrogens is 3. The largest absolute Gasteiger partial charge is 0.478 e. The quantitative estimate of drug-likeness (QED) is 0.574. The lowest BCUT2D eigenvalue weighted by molar-refractivity contribution is 0.0696. The molecule has 0 spiro atoms. The Kier molecular flexibility index (Phi) is 5.29. The van der Waals surface area contributed by atoms with E-state index < -0.39 is 21.8 Å². The minimum atomic E-state index is -4.30. The number of hydrogen-bond acceptors (Lipinski definition) is 5. The first-order valence-corrected chi connectivity index (χ1v) is 11.1. The SMILES string of the molecule is O=C(O)c1ccc(-c2nn(S(=O)(=O)c3c(Cl)ccnc3Cl)c3c2CCCC3)c(F)c1. The van der Waals surface area contributed by atoms with Crippen molar-refractivity contribution in [1.29, 1.82) is 0 Å². The summed E-state index contributed by atoms with van der Waals surface area (Å²) in [5.74, 6) is -2.07. The molecular weight excluding hydrogens is 456 g/mol. The first-order valence-electron chi connectivity index (χ1n) is 8.91. The van der Waals surface area contributed by atoms with Crippen molar-refractivity contribution in [2.75, 3.05) is 0 Å². The maximum absolute atomic E-state index is 14.7. The van der Waals surface area contributed by atoms with Crippen molar-refractivity contribution < 1.29 is 22.7 Å². The molecule has 30 heavy (non-hydrogen) atoms. The van der Waals surface area contributed by atoms with Crippen LogP contribution in [0.2, 0.25) is 10.2 Å². The summed E-state index contributed by atoms with van der Waals surface area (Å²) >= 11 is 12.1. The Morgan fingerprint density at radius 3 is 2.57 bits per heavy atom. The first-order chi connectivity index (χ1) is 14.2. The van der Waals surface area contributed by atoms with Crippen LogP contribution in [0.15, 0.2) is 35.4 Å². The second-order valence-electron chi connectivity index (χ2n) is 6.74. The molecule has 0 amide bonds. The molecule has 0 aliphatic heterocycles. The van der Waals surface area contributed by atoms with Gasteiger partial charge in [0.15, 0.2) is 5.15 Å². The molecule has 1 N–H and O–H groups in total. The van der Waals surface area contributed by atoms with Gasteiger partial charge in [0, 0.05) is 17.3 Å². The third-order valence-corrected chi connectivity index (χ3v) is 7.43. The second kappa shape index (κ2) is 7.64. The summed E-state index contributed by atoms with van der Waals surface area (Å²) in [6.07, 6.45) is 3.74. The van der Waals surface area contributed by atoms with Gasteiger partial charge in [0.05, 0.1) is 22.0 Å². The Morgan fingerprint density at radius 2 is 1.90 bits per heavy atom. The highest BCUT2D eigenvalue weighted by atomic mass is 35.5. The van der Waals surface area contributed by atoms with Crippen molar-refractivity contribution in [2.24, 2.45) is 0 Å². The fraction of sp³-hybridized carbons (Fsp3) is 0.211. The van der Waals surface area contributed by atoms with Gasteiger partial charge in [-0.05, 0) is 49.9 Å². The van der Waals surface area contributed by atoms with Crippen LogP contribution in [-0.4, -0.2) is 33.7 Å². The molecule has 0 atom stereocenters. The van der Waals surface area contributed by atoms with Crippen LogP contribution < -0.4 is 0 Å². The van der Waals surface area contributed by atoms with E-state index in [9.17, 15) is 17.6 Å². The molecule has 1 aliphatic carbocycles. The lowest BCUT2D eigenvalue weighted by Gasteiger charge is -2.15. The average Bonchev–Trinajstić information content (AvgIpc) is 3.08. The molecule has 0 unspecified atom stereocenters. The number of hydrogen-bond donors (Lipinski definition) is 1. The van der Waals surface area contributed by atoms with Crippen LogP contribution >= 0.6 is 23.2 Å². The average molecular weight is 470 g/mol. The number of carboxylic acid groups (broad SMARTS) is 1. The highest BCUT2D eigenvalue weighted by molar-refractivity contribution is 7.90. The topological polar surface area (TPSA) is 102 Å². The van der Waals surface area contributed by atoms with Crippen molar-refractivity contribution in [3.05, 3.63) is 63.3 Å². The van der Waals surface area contributed by atoms with Crippen LogP contribution in [0.5, 0.6) is 0 Å². The fourth-order valence-electron chi connectivity index (χ4n) is 3.54. The van der Waals surface area contributed by atoms with Gasteiger partial charge in [0.1, 0.15) is 10.7 Å². The summed E-state index contributed by atoms with van der Waals surface area (Å²) in [6.45, 7) is 0. The summed E-state index contributed by atoms with van der Waals surface area (Å²) in [7, 11) is -4.30. The molecule has 0 bridgehead atoms. The number of carbonyl (C=O) groups is 1.